The molecule has 0 aliphatic carbocycles. The van der Waals surface area contributed by atoms with Crippen LogP contribution in [0.25, 0.3) is 0 Å². The van der Waals surface area contributed by atoms with Gasteiger partial charge in [0.2, 0.25) is 5.88 Å². The second-order valence-electron chi connectivity index (χ2n) is 8.54. The van der Waals surface area contributed by atoms with Crippen LogP contribution in [0.5, 0.6) is 5.88 Å². The van der Waals surface area contributed by atoms with Crippen molar-refractivity contribution >= 4 is 23.0 Å². The number of rotatable bonds is 6. The molecule has 11 heteroatoms. The number of pyridine rings is 1. The van der Waals surface area contributed by atoms with Gasteiger partial charge in [0, 0.05) is 18.3 Å². The van der Waals surface area contributed by atoms with Crippen molar-refractivity contribution in [2.24, 2.45) is 5.73 Å². The molecular formula is C22H27F3N4O3S. The first-order chi connectivity index (χ1) is 15.4. The Bertz CT molecular complexity index is 980. The number of carbonyl (C=O) groups is 1. The van der Waals surface area contributed by atoms with Gasteiger partial charge in [0.15, 0.2) is 4.90 Å². The van der Waals surface area contributed by atoms with Crippen molar-refractivity contribution in [2.75, 3.05) is 30.5 Å². The lowest BCUT2D eigenvalue weighted by atomic mass is 10.0. The number of benzene rings is 1. The zero-order valence-electron chi connectivity index (χ0n) is 18.7. The topological polar surface area (TPSA) is 94.8 Å². The predicted octanol–water partition coefficient (Wildman–Crippen LogP) is 3.61. The van der Waals surface area contributed by atoms with Gasteiger partial charge in [-0.05, 0) is 64.1 Å². The van der Waals surface area contributed by atoms with Crippen molar-refractivity contribution in [1.29, 1.82) is 0 Å². The minimum absolute atomic E-state index is 0.199. The van der Waals surface area contributed by atoms with Crippen LogP contribution < -0.4 is 14.8 Å². The molecule has 0 bridgehead atoms. The van der Waals surface area contributed by atoms with Crippen LogP contribution in [0.4, 0.5) is 18.9 Å². The predicted molar refractivity (Wildman–Crippen MR) is 119 cm³/mol. The second-order valence-corrected chi connectivity index (χ2v) is 9.95. The van der Waals surface area contributed by atoms with E-state index in [1.165, 1.54) is 22.6 Å². The van der Waals surface area contributed by atoms with E-state index >= 15 is 0 Å². The summed E-state index contributed by atoms with van der Waals surface area (Å²) in [6, 6.07) is 5.72. The Morgan fingerprint density at radius 3 is 2.52 bits per heavy atom. The summed E-state index contributed by atoms with van der Waals surface area (Å²) in [4.78, 5) is 19.4. The molecule has 1 aromatic heterocycles. The molecule has 1 aromatic carbocycles. The number of aromatic nitrogens is 1. The van der Waals surface area contributed by atoms with Crippen LogP contribution in [-0.2, 0) is 17.5 Å². The molecular weight excluding hydrogens is 457 g/mol. The number of fused-ring (bicyclic) bond motifs is 1. The van der Waals surface area contributed by atoms with Crippen LogP contribution in [0, 0.1) is 0 Å². The minimum atomic E-state index is -4.48. The molecule has 2 heterocycles. The number of nitrogens with two attached hydrogens (primary N) is 1. The summed E-state index contributed by atoms with van der Waals surface area (Å²) < 4.78 is 58.8. The normalized spacial score (nSPS) is 15.0. The summed E-state index contributed by atoms with van der Waals surface area (Å²) >= 11 is -1.82. The Morgan fingerprint density at radius 1 is 1.27 bits per heavy atom. The number of amides is 1. The average molecular weight is 485 g/mol. The molecule has 1 aliphatic rings. The molecule has 0 saturated heterocycles. The highest BCUT2D eigenvalue weighted by Gasteiger charge is 2.35. The van der Waals surface area contributed by atoms with Crippen molar-refractivity contribution in [1.82, 2.24) is 9.88 Å². The highest BCUT2D eigenvalue weighted by Crippen LogP contribution is 2.36. The van der Waals surface area contributed by atoms with Gasteiger partial charge in [0.1, 0.15) is 30.2 Å². The highest BCUT2D eigenvalue weighted by atomic mass is 32.2. The summed E-state index contributed by atoms with van der Waals surface area (Å²) in [7, 11) is 0. The third-order valence-corrected chi connectivity index (χ3v) is 6.56. The van der Waals surface area contributed by atoms with Gasteiger partial charge in [0.25, 0.3) is 5.91 Å². The van der Waals surface area contributed by atoms with E-state index in [1.54, 1.807) is 11.0 Å². The maximum absolute atomic E-state index is 13.3. The minimum Gasteiger partial charge on any atom is -0.588 e. The van der Waals surface area contributed by atoms with Gasteiger partial charge in [0.05, 0.1) is 11.1 Å². The van der Waals surface area contributed by atoms with E-state index in [0.29, 0.717) is 30.8 Å². The SMILES string of the molecule is CC(C)(C)N(CCCN)C(=O)c1cnc2c(c1)N([S+]([O-])c1ccc(C(F)(F)F)cc1)CCO2. The number of anilines is 1. The van der Waals surface area contributed by atoms with Crippen molar-refractivity contribution in [3.05, 3.63) is 47.7 Å². The first-order valence-electron chi connectivity index (χ1n) is 10.4. The Labute approximate surface area is 194 Å². The monoisotopic (exact) mass is 484 g/mol. The molecule has 0 radical (unpaired) electrons. The third-order valence-electron chi connectivity index (χ3n) is 5.11. The Kier molecular flexibility index (Phi) is 7.45. The van der Waals surface area contributed by atoms with Gasteiger partial charge in [-0.3, -0.25) is 4.79 Å². The average Bonchev–Trinajstić information content (AvgIpc) is 2.76. The van der Waals surface area contributed by atoms with Gasteiger partial charge in [-0.1, -0.05) is 0 Å². The zero-order chi connectivity index (χ0) is 24.4. The zero-order valence-corrected chi connectivity index (χ0v) is 19.5. The standard InChI is InChI=1S/C22H27F3N4O3S/c1-21(2,3)28(10-4-9-26)20(30)15-13-18-19(27-14-15)32-12-11-29(18)33(31)17-7-5-16(6-8-17)22(23,24)25/h5-8,13-14H,4,9-12,26H2,1-3H3. The lowest BCUT2D eigenvalue weighted by molar-refractivity contribution is -0.137. The number of ether oxygens (including phenoxy) is 1. The number of carbonyl (C=O) groups excluding carboxylic acids is 1. The van der Waals surface area contributed by atoms with Crippen LogP contribution in [0.3, 0.4) is 0 Å². The molecule has 0 saturated carbocycles. The number of nitrogens with zero attached hydrogens (tertiary/aromatic N) is 3. The Hall–Kier alpha value is -2.50. The van der Waals surface area contributed by atoms with E-state index in [1.807, 2.05) is 20.8 Å². The van der Waals surface area contributed by atoms with Gasteiger partial charge >= 0.3 is 6.18 Å². The number of hydrogen-bond donors (Lipinski definition) is 1. The number of halogens is 3. The fourth-order valence-corrected chi connectivity index (χ4v) is 4.57. The molecule has 3 rings (SSSR count). The van der Waals surface area contributed by atoms with Crippen LogP contribution in [0.1, 0.15) is 43.1 Å². The summed E-state index contributed by atoms with van der Waals surface area (Å²) in [5.41, 5.74) is 4.98. The van der Waals surface area contributed by atoms with E-state index < -0.39 is 28.6 Å². The van der Waals surface area contributed by atoms with Crippen LogP contribution in [0.15, 0.2) is 41.4 Å². The third kappa shape index (κ3) is 5.71. The fourth-order valence-electron chi connectivity index (χ4n) is 3.40. The van der Waals surface area contributed by atoms with E-state index in [0.717, 1.165) is 12.1 Å². The smallest absolute Gasteiger partial charge is 0.416 e. The summed E-state index contributed by atoms with van der Waals surface area (Å²) in [6.45, 7) is 7.08. The summed E-state index contributed by atoms with van der Waals surface area (Å²) in [5, 5.41) is 0. The van der Waals surface area contributed by atoms with E-state index in [9.17, 15) is 22.5 Å². The van der Waals surface area contributed by atoms with Gasteiger partial charge in [-0.15, -0.1) is 0 Å². The summed E-state index contributed by atoms with van der Waals surface area (Å²) in [6.07, 6.45) is -2.44. The molecule has 2 N–H and O–H groups in total. The Morgan fingerprint density at radius 2 is 1.94 bits per heavy atom. The molecule has 33 heavy (non-hydrogen) atoms. The lowest BCUT2D eigenvalue weighted by Crippen LogP contribution is -2.46. The van der Waals surface area contributed by atoms with Gasteiger partial charge in [-0.2, -0.15) is 17.5 Å². The molecule has 1 atom stereocenters. The van der Waals surface area contributed by atoms with Crippen molar-refractivity contribution < 1.29 is 27.3 Å². The van der Waals surface area contributed by atoms with Crippen LogP contribution >= 0.6 is 0 Å². The number of hydrogen-bond acceptors (Lipinski definition) is 6. The van der Waals surface area contributed by atoms with Gasteiger partial charge < -0.3 is 19.9 Å². The molecule has 0 fully saturated rings. The summed E-state index contributed by atoms with van der Waals surface area (Å²) in [5.74, 6) is -0.0422. The second kappa shape index (κ2) is 9.78. The van der Waals surface area contributed by atoms with Gasteiger partial charge in [-0.25, -0.2) is 4.98 Å². The van der Waals surface area contributed by atoms with Crippen molar-refractivity contribution in [3.8, 4) is 5.88 Å². The maximum Gasteiger partial charge on any atom is 0.416 e. The largest absolute Gasteiger partial charge is 0.588 e. The maximum atomic E-state index is 13.3. The molecule has 2 aromatic rings. The quantitative estimate of drug-likeness (QED) is 0.630. The van der Waals surface area contributed by atoms with E-state index in [2.05, 4.69) is 4.98 Å². The molecule has 1 aliphatic heterocycles. The lowest BCUT2D eigenvalue weighted by Gasteiger charge is -2.36. The number of alkyl halides is 3. The first-order valence-corrected chi connectivity index (χ1v) is 11.6. The molecule has 1 unspecified atom stereocenters. The van der Waals surface area contributed by atoms with E-state index in [4.69, 9.17) is 10.5 Å². The van der Waals surface area contributed by atoms with Crippen molar-refractivity contribution in [2.45, 2.75) is 43.8 Å². The Balaban J connectivity index is 1.91. The van der Waals surface area contributed by atoms with Crippen LogP contribution in [0.2, 0.25) is 0 Å². The molecule has 7 nitrogen and oxygen atoms in total. The first kappa shape index (κ1) is 25.1. The van der Waals surface area contributed by atoms with Crippen LogP contribution in [-0.4, -0.2) is 52.1 Å². The highest BCUT2D eigenvalue weighted by molar-refractivity contribution is 7.92. The molecule has 1 amide bonds. The molecule has 180 valence electrons. The fraction of sp³-hybridized carbons (Fsp3) is 0.455. The van der Waals surface area contributed by atoms with Crippen molar-refractivity contribution in [3.63, 3.8) is 0 Å². The molecule has 0 spiro atoms. The van der Waals surface area contributed by atoms with E-state index in [-0.39, 0.29) is 29.8 Å².